The van der Waals surface area contributed by atoms with Crippen molar-refractivity contribution in [1.29, 1.82) is 0 Å². The van der Waals surface area contributed by atoms with E-state index in [0.29, 0.717) is 32.2 Å². The number of alkyl carbamates (subject to hydrolysis) is 1. The van der Waals surface area contributed by atoms with E-state index in [9.17, 15) is 9.59 Å². The number of amides is 2. The number of rotatable bonds is 8. The van der Waals surface area contributed by atoms with Gasteiger partial charge in [0.05, 0.1) is 6.04 Å². The maximum absolute atomic E-state index is 12.6. The Morgan fingerprint density at radius 2 is 1.93 bits per heavy atom. The fourth-order valence-corrected chi connectivity index (χ4v) is 3.37. The maximum atomic E-state index is 12.6. The number of hydrogen-bond acceptors (Lipinski definition) is 7. The second-order valence-electron chi connectivity index (χ2n) is 9.08. The SMILES string of the molecule is COCCCn1c(C(=O)NC(C)C)nnc1N1C[C@H](C)[C@H](NC(=O)OC(C)(C)C)C1. The number of nitrogens with one attached hydrogen (secondary N) is 2. The van der Waals surface area contributed by atoms with Crippen LogP contribution in [0, 0.1) is 5.92 Å². The van der Waals surface area contributed by atoms with Crippen LogP contribution in [0.25, 0.3) is 0 Å². The quantitative estimate of drug-likeness (QED) is 0.612. The zero-order valence-electron chi connectivity index (χ0n) is 19.2. The second kappa shape index (κ2) is 10.1. The highest BCUT2D eigenvalue weighted by atomic mass is 16.6. The van der Waals surface area contributed by atoms with Gasteiger partial charge in [-0.15, -0.1) is 10.2 Å². The molecule has 0 radical (unpaired) electrons. The van der Waals surface area contributed by atoms with E-state index in [2.05, 4.69) is 32.7 Å². The summed E-state index contributed by atoms with van der Waals surface area (Å²) < 4.78 is 12.4. The fourth-order valence-electron chi connectivity index (χ4n) is 3.37. The van der Waals surface area contributed by atoms with Crippen molar-refractivity contribution >= 4 is 17.9 Å². The second-order valence-corrected chi connectivity index (χ2v) is 9.08. The molecule has 0 spiro atoms. The van der Waals surface area contributed by atoms with Gasteiger partial charge < -0.3 is 25.0 Å². The maximum Gasteiger partial charge on any atom is 0.407 e. The van der Waals surface area contributed by atoms with Crippen LogP contribution in [0.4, 0.5) is 10.7 Å². The van der Waals surface area contributed by atoms with E-state index in [1.54, 1.807) is 7.11 Å². The van der Waals surface area contributed by atoms with Gasteiger partial charge in [-0.25, -0.2) is 4.79 Å². The van der Waals surface area contributed by atoms with Crippen LogP contribution in [0.5, 0.6) is 0 Å². The Morgan fingerprint density at radius 1 is 1.23 bits per heavy atom. The van der Waals surface area contributed by atoms with Crippen LogP contribution < -0.4 is 15.5 Å². The lowest BCUT2D eigenvalue weighted by Gasteiger charge is -2.23. The average molecular weight is 425 g/mol. The zero-order valence-corrected chi connectivity index (χ0v) is 19.2. The molecule has 1 aromatic rings. The molecule has 10 nitrogen and oxygen atoms in total. The van der Waals surface area contributed by atoms with Gasteiger partial charge in [-0.05, 0) is 47.0 Å². The first-order chi connectivity index (χ1) is 14.0. The highest BCUT2D eigenvalue weighted by Gasteiger charge is 2.35. The highest BCUT2D eigenvalue weighted by molar-refractivity contribution is 5.91. The number of carbonyl (C=O) groups is 2. The van der Waals surface area contributed by atoms with Crippen molar-refractivity contribution < 1.29 is 19.1 Å². The third kappa shape index (κ3) is 6.58. The lowest BCUT2D eigenvalue weighted by atomic mass is 10.1. The molecule has 2 heterocycles. The average Bonchev–Trinajstić information content (AvgIpc) is 3.17. The van der Waals surface area contributed by atoms with Crippen LogP contribution in [-0.2, 0) is 16.0 Å². The number of methoxy groups -OCH3 is 1. The molecular formula is C20H36N6O4. The molecule has 2 rings (SSSR count). The van der Waals surface area contributed by atoms with Gasteiger partial charge in [0.15, 0.2) is 0 Å². The van der Waals surface area contributed by atoms with Crippen LogP contribution in [0.1, 0.15) is 58.6 Å². The lowest BCUT2D eigenvalue weighted by molar-refractivity contribution is 0.0499. The van der Waals surface area contributed by atoms with Crippen LogP contribution in [0.15, 0.2) is 0 Å². The minimum Gasteiger partial charge on any atom is -0.444 e. The van der Waals surface area contributed by atoms with Gasteiger partial charge in [0.1, 0.15) is 5.60 Å². The van der Waals surface area contributed by atoms with Gasteiger partial charge >= 0.3 is 6.09 Å². The number of carbonyl (C=O) groups excluding carboxylic acids is 2. The summed E-state index contributed by atoms with van der Waals surface area (Å²) in [5, 5.41) is 14.3. The minimum absolute atomic E-state index is 0.000654. The summed E-state index contributed by atoms with van der Waals surface area (Å²) in [6, 6.07) is -0.0868. The van der Waals surface area contributed by atoms with Crippen molar-refractivity contribution in [1.82, 2.24) is 25.4 Å². The van der Waals surface area contributed by atoms with E-state index in [4.69, 9.17) is 9.47 Å². The molecule has 2 amide bonds. The van der Waals surface area contributed by atoms with Crippen molar-refractivity contribution in [3.8, 4) is 0 Å². The van der Waals surface area contributed by atoms with E-state index >= 15 is 0 Å². The van der Waals surface area contributed by atoms with E-state index < -0.39 is 11.7 Å². The normalized spacial score (nSPS) is 19.3. The molecule has 2 N–H and O–H groups in total. The van der Waals surface area contributed by atoms with Gasteiger partial charge in [-0.2, -0.15) is 0 Å². The molecule has 1 aliphatic heterocycles. The monoisotopic (exact) mass is 424 g/mol. The summed E-state index contributed by atoms with van der Waals surface area (Å²) in [6.07, 6.45) is 0.298. The number of hydrogen-bond donors (Lipinski definition) is 2. The van der Waals surface area contributed by atoms with Gasteiger partial charge in [0.25, 0.3) is 5.91 Å². The first-order valence-electron chi connectivity index (χ1n) is 10.5. The summed E-state index contributed by atoms with van der Waals surface area (Å²) in [6.45, 7) is 13.8. The first-order valence-corrected chi connectivity index (χ1v) is 10.5. The largest absolute Gasteiger partial charge is 0.444 e. The minimum atomic E-state index is -0.550. The number of aromatic nitrogens is 3. The van der Waals surface area contributed by atoms with Crippen molar-refractivity contribution in [3.63, 3.8) is 0 Å². The standard InChI is InChI=1S/C20H36N6O4/c1-13(2)21-17(27)16-23-24-18(26(16)9-8-10-29-7)25-11-14(3)15(12-25)22-19(28)30-20(4,5)6/h13-15H,8-12H2,1-7H3,(H,21,27)(H,22,28)/t14-,15+/m0/s1. The molecule has 1 saturated heterocycles. The molecule has 0 aromatic carbocycles. The van der Waals surface area contributed by atoms with Crippen molar-refractivity contribution in [2.45, 2.75) is 72.2 Å². The molecule has 0 bridgehead atoms. The zero-order chi connectivity index (χ0) is 22.5. The van der Waals surface area contributed by atoms with Crippen LogP contribution in [0.3, 0.4) is 0 Å². The van der Waals surface area contributed by atoms with Crippen molar-refractivity contribution in [2.24, 2.45) is 5.92 Å². The first kappa shape index (κ1) is 23.9. The summed E-state index contributed by atoms with van der Waals surface area (Å²) in [5.74, 6) is 0.845. The fraction of sp³-hybridized carbons (Fsp3) is 0.800. The predicted octanol–water partition coefficient (Wildman–Crippen LogP) is 1.80. The molecule has 0 saturated carbocycles. The molecule has 0 aliphatic carbocycles. The molecule has 30 heavy (non-hydrogen) atoms. The van der Waals surface area contributed by atoms with E-state index in [1.165, 1.54) is 0 Å². The van der Waals surface area contributed by atoms with Crippen LogP contribution >= 0.6 is 0 Å². The van der Waals surface area contributed by atoms with Crippen molar-refractivity contribution in [3.05, 3.63) is 5.82 Å². The third-order valence-corrected chi connectivity index (χ3v) is 4.68. The Bertz CT molecular complexity index is 727. The summed E-state index contributed by atoms with van der Waals surface area (Å²) in [4.78, 5) is 26.8. The smallest absolute Gasteiger partial charge is 0.407 e. The van der Waals surface area contributed by atoms with Gasteiger partial charge in [-0.3, -0.25) is 9.36 Å². The van der Waals surface area contributed by atoms with E-state index in [0.717, 1.165) is 6.42 Å². The molecular weight excluding hydrogens is 388 g/mol. The van der Waals surface area contributed by atoms with Crippen molar-refractivity contribution in [2.75, 3.05) is 31.7 Å². The Hall–Kier alpha value is -2.36. The molecule has 2 atom stereocenters. The van der Waals surface area contributed by atoms with Gasteiger partial charge in [-0.1, -0.05) is 6.92 Å². The molecule has 1 aromatic heterocycles. The Morgan fingerprint density at radius 3 is 2.53 bits per heavy atom. The Balaban J connectivity index is 2.16. The van der Waals surface area contributed by atoms with Crippen LogP contribution in [0.2, 0.25) is 0 Å². The summed E-state index contributed by atoms with van der Waals surface area (Å²) >= 11 is 0. The summed E-state index contributed by atoms with van der Waals surface area (Å²) in [5.41, 5.74) is -0.550. The van der Waals surface area contributed by atoms with Gasteiger partial charge in [0, 0.05) is 39.4 Å². The number of anilines is 1. The van der Waals surface area contributed by atoms with Crippen LogP contribution in [-0.4, -0.2) is 71.3 Å². The lowest BCUT2D eigenvalue weighted by Crippen LogP contribution is -2.42. The number of nitrogens with zero attached hydrogens (tertiary/aromatic N) is 4. The molecule has 0 unspecified atom stereocenters. The molecule has 1 aliphatic rings. The summed E-state index contributed by atoms with van der Waals surface area (Å²) in [7, 11) is 1.65. The third-order valence-electron chi connectivity index (χ3n) is 4.68. The number of ether oxygens (including phenoxy) is 2. The van der Waals surface area contributed by atoms with E-state index in [1.807, 2.05) is 39.2 Å². The highest BCUT2D eigenvalue weighted by Crippen LogP contribution is 2.24. The molecule has 10 heteroatoms. The predicted molar refractivity (Wildman–Crippen MR) is 114 cm³/mol. The van der Waals surface area contributed by atoms with Gasteiger partial charge in [0.2, 0.25) is 11.8 Å². The Labute approximate surface area is 178 Å². The van der Waals surface area contributed by atoms with E-state index in [-0.39, 0.29) is 29.7 Å². The Kier molecular flexibility index (Phi) is 8.05. The molecule has 170 valence electrons. The topological polar surface area (TPSA) is 111 Å². The molecule has 1 fully saturated rings.